The second-order valence-corrected chi connectivity index (χ2v) is 6.45. The van der Waals surface area contributed by atoms with Crippen molar-refractivity contribution in [3.63, 3.8) is 0 Å². The Morgan fingerprint density at radius 1 is 1.19 bits per heavy atom. The van der Waals surface area contributed by atoms with Gasteiger partial charge in [-0.3, -0.25) is 10.1 Å². The Kier molecular flexibility index (Phi) is 6.56. The van der Waals surface area contributed by atoms with E-state index in [1.807, 2.05) is 30.3 Å². The lowest BCUT2D eigenvalue weighted by atomic mass is 10.2. The lowest BCUT2D eigenvalue weighted by Gasteiger charge is -2.12. The lowest BCUT2D eigenvalue weighted by Crippen LogP contribution is -2.42. The SMILES string of the molecule is CC(Sc1nccc(C(F)(F)F)n1)C(=O)NC(=O)NCc1ccccc1. The predicted molar refractivity (Wildman–Crippen MR) is 89.2 cm³/mol. The van der Waals surface area contributed by atoms with Gasteiger partial charge < -0.3 is 5.32 Å². The Labute approximate surface area is 151 Å². The first-order valence-corrected chi connectivity index (χ1v) is 8.33. The Balaban J connectivity index is 1.86. The molecule has 0 aliphatic rings. The highest BCUT2D eigenvalue weighted by Gasteiger charge is 2.33. The fourth-order valence-corrected chi connectivity index (χ4v) is 2.56. The van der Waals surface area contributed by atoms with Crippen molar-refractivity contribution in [3.05, 3.63) is 53.9 Å². The number of thioether (sulfide) groups is 1. The van der Waals surface area contributed by atoms with E-state index >= 15 is 0 Å². The van der Waals surface area contributed by atoms with Crippen molar-refractivity contribution < 1.29 is 22.8 Å². The number of nitrogens with one attached hydrogen (secondary N) is 2. The average Bonchev–Trinajstić information content (AvgIpc) is 2.60. The van der Waals surface area contributed by atoms with Gasteiger partial charge >= 0.3 is 12.2 Å². The van der Waals surface area contributed by atoms with Gasteiger partial charge in [0.1, 0.15) is 5.69 Å². The zero-order valence-electron chi connectivity index (χ0n) is 13.6. The van der Waals surface area contributed by atoms with Gasteiger partial charge in [0.15, 0.2) is 5.16 Å². The lowest BCUT2D eigenvalue weighted by molar-refractivity contribution is -0.141. The number of hydrogen-bond donors (Lipinski definition) is 2. The van der Waals surface area contributed by atoms with Crippen molar-refractivity contribution in [3.8, 4) is 0 Å². The second kappa shape index (κ2) is 8.65. The normalized spacial score (nSPS) is 12.3. The van der Waals surface area contributed by atoms with Gasteiger partial charge in [0.05, 0.1) is 5.25 Å². The number of carbonyl (C=O) groups excluding carboxylic acids is 2. The molecule has 10 heteroatoms. The maximum Gasteiger partial charge on any atom is 0.433 e. The van der Waals surface area contributed by atoms with E-state index in [0.717, 1.165) is 29.6 Å². The first-order valence-electron chi connectivity index (χ1n) is 7.45. The molecule has 6 nitrogen and oxygen atoms in total. The summed E-state index contributed by atoms with van der Waals surface area (Å²) >= 11 is 0.724. The summed E-state index contributed by atoms with van der Waals surface area (Å²) in [5, 5.41) is 3.58. The molecule has 0 spiro atoms. The topological polar surface area (TPSA) is 84.0 Å². The van der Waals surface area contributed by atoms with Gasteiger partial charge in [0, 0.05) is 12.7 Å². The van der Waals surface area contributed by atoms with Crippen molar-refractivity contribution in [2.45, 2.75) is 30.1 Å². The van der Waals surface area contributed by atoms with Crippen molar-refractivity contribution in [2.75, 3.05) is 0 Å². The van der Waals surface area contributed by atoms with Gasteiger partial charge in [0.2, 0.25) is 5.91 Å². The molecule has 0 aliphatic heterocycles. The maximum atomic E-state index is 12.6. The van der Waals surface area contributed by atoms with E-state index in [4.69, 9.17) is 0 Å². The largest absolute Gasteiger partial charge is 0.433 e. The third-order valence-corrected chi connectivity index (χ3v) is 4.08. The van der Waals surface area contributed by atoms with Crippen LogP contribution in [-0.4, -0.2) is 27.2 Å². The molecular weight excluding hydrogens is 369 g/mol. The summed E-state index contributed by atoms with van der Waals surface area (Å²) in [6, 6.07) is 9.13. The first kappa shape index (κ1) is 19.7. The summed E-state index contributed by atoms with van der Waals surface area (Å²) in [4.78, 5) is 30.8. The molecule has 1 heterocycles. The molecule has 138 valence electrons. The van der Waals surface area contributed by atoms with Crippen LogP contribution in [0.3, 0.4) is 0 Å². The number of nitrogens with zero attached hydrogens (tertiary/aromatic N) is 2. The van der Waals surface area contributed by atoms with E-state index in [9.17, 15) is 22.8 Å². The second-order valence-electron chi connectivity index (χ2n) is 5.14. The van der Waals surface area contributed by atoms with E-state index in [1.165, 1.54) is 6.92 Å². The van der Waals surface area contributed by atoms with Crippen LogP contribution < -0.4 is 10.6 Å². The van der Waals surface area contributed by atoms with Crippen LogP contribution in [0.5, 0.6) is 0 Å². The molecule has 2 rings (SSSR count). The molecule has 0 bridgehead atoms. The molecule has 0 saturated heterocycles. The Morgan fingerprint density at radius 2 is 1.88 bits per heavy atom. The number of rotatable bonds is 5. The molecular formula is C16H15F3N4O2S. The van der Waals surface area contributed by atoms with Crippen LogP contribution in [0.1, 0.15) is 18.2 Å². The van der Waals surface area contributed by atoms with Crippen molar-refractivity contribution >= 4 is 23.7 Å². The number of benzene rings is 1. The number of hydrogen-bond acceptors (Lipinski definition) is 5. The number of amides is 3. The monoisotopic (exact) mass is 384 g/mol. The summed E-state index contributed by atoms with van der Waals surface area (Å²) in [6.45, 7) is 1.67. The van der Waals surface area contributed by atoms with Crippen LogP contribution in [0.4, 0.5) is 18.0 Å². The van der Waals surface area contributed by atoms with Gasteiger partial charge in [0.25, 0.3) is 0 Å². The highest BCUT2D eigenvalue weighted by atomic mass is 32.2. The standard InChI is InChI=1S/C16H15F3N4O2S/c1-10(26-15-20-8-7-12(22-15)16(17,18)19)13(24)23-14(25)21-9-11-5-3-2-4-6-11/h2-8,10H,9H2,1H3,(H2,21,23,24,25). The summed E-state index contributed by atoms with van der Waals surface area (Å²) < 4.78 is 37.9. The van der Waals surface area contributed by atoms with Crippen LogP contribution in [0.25, 0.3) is 0 Å². The third kappa shape index (κ3) is 6.03. The van der Waals surface area contributed by atoms with Gasteiger partial charge in [-0.05, 0) is 18.6 Å². The van der Waals surface area contributed by atoms with Gasteiger partial charge in [-0.25, -0.2) is 14.8 Å². The summed E-state index contributed by atoms with van der Waals surface area (Å²) in [6.07, 6.45) is -3.63. The van der Waals surface area contributed by atoms with Crippen LogP contribution in [-0.2, 0) is 17.5 Å². The minimum atomic E-state index is -4.60. The molecule has 1 aromatic heterocycles. The number of alkyl halides is 3. The Morgan fingerprint density at radius 3 is 2.54 bits per heavy atom. The molecule has 0 saturated carbocycles. The Hall–Kier alpha value is -2.62. The molecule has 2 N–H and O–H groups in total. The minimum absolute atomic E-state index is 0.202. The van der Waals surface area contributed by atoms with E-state index in [1.54, 1.807) is 0 Å². The van der Waals surface area contributed by atoms with E-state index < -0.39 is 29.1 Å². The van der Waals surface area contributed by atoms with E-state index in [2.05, 4.69) is 20.6 Å². The summed E-state index contributed by atoms with van der Waals surface area (Å²) in [5.41, 5.74) is -0.238. The zero-order valence-corrected chi connectivity index (χ0v) is 14.4. The Bertz CT molecular complexity index is 772. The number of aromatic nitrogens is 2. The minimum Gasteiger partial charge on any atom is -0.334 e. The number of imide groups is 1. The maximum absolute atomic E-state index is 12.6. The van der Waals surface area contributed by atoms with Crippen LogP contribution in [0.15, 0.2) is 47.8 Å². The molecule has 0 fully saturated rings. The van der Waals surface area contributed by atoms with Gasteiger partial charge in [-0.1, -0.05) is 42.1 Å². The summed E-state index contributed by atoms with van der Waals surface area (Å²) in [7, 11) is 0. The average molecular weight is 384 g/mol. The quantitative estimate of drug-likeness (QED) is 0.612. The number of carbonyl (C=O) groups is 2. The first-order chi connectivity index (χ1) is 12.3. The molecule has 2 aromatic rings. The van der Waals surface area contributed by atoms with E-state index in [-0.39, 0.29) is 11.7 Å². The van der Waals surface area contributed by atoms with Crippen LogP contribution in [0, 0.1) is 0 Å². The van der Waals surface area contributed by atoms with Crippen molar-refractivity contribution in [2.24, 2.45) is 0 Å². The molecule has 3 amide bonds. The molecule has 0 radical (unpaired) electrons. The fourth-order valence-electron chi connectivity index (χ4n) is 1.80. The van der Waals surface area contributed by atoms with Crippen LogP contribution >= 0.6 is 11.8 Å². The van der Waals surface area contributed by atoms with Crippen molar-refractivity contribution in [1.82, 2.24) is 20.6 Å². The highest BCUT2D eigenvalue weighted by Crippen LogP contribution is 2.29. The van der Waals surface area contributed by atoms with Gasteiger partial charge in [-0.2, -0.15) is 13.2 Å². The summed E-state index contributed by atoms with van der Waals surface area (Å²) in [5.74, 6) is -0.665. The highest BCUT2D eigenvalue weighted by molar-refractivity contribution is 8.00. The molecule has 26 heavy (non-hydrogen) atoms. The smallest absolute Gasteiger partial charge is 0.334 e. The van der Waals surface area contributed by atoms with Crippen molar-refractivity contribution in [1.29, 1.82) is 0 Å². The van der Waals surface area contributed by atoms with Gasteiger partial charge in [-0.15, -0.1) is 0 Å². The fraction of sp³-hybridized carbons (Fsp3) is 0.250. The molecule has 1 atom stereocenters. The number of urea groups is 1. The predicted octanol–water partition coefficient (Wildman–Crippen LogP) is 3.00. The molecule has 0 aliphatic carbocycles. The molecule has 1 aromatic carbocycles. The number of halogens is 3. The molecule has 1 unspecified atom stereocenters. The third-order valence-electron chi connectivity index (χ3n) is 3.11. The zero-order chi connectivity index (χ0) is 19.2. The van der Waals surface area contributed by atoms with Crippen LogP contribution in [0.2, 0.25) is 0 Å². The van der Waals surface area contributed by atoms with E-state index in [0.29, 0.717) is 0 Å².